The first-order valence-electron chi connectivity index (χ1n) is 12.8. The summed E-state index contributed by atoms with van der Waals surface area (Å²) in [5.74, 6) is -1.64. The Morgan fingerprint density at radius 3 is 2.47 bits per heavy atom. The third-order valence-corrected chi connectivity index (χ3v) is 9.26. The Kier molecular flexibility index (Phi) is 8.46. The zero-order valence-corrected chi connectivity index (χ0v) is 21.7. The summed E-state index contributed by atoms with van der Waals surface area (Å²) in [6.07, 6.45) is -1.33. The van der Waals surface area contributed by atoms with Crippen LogP contribution in [-0.2, 0) is 20.8 Å². The van der Waals surface area contributed by atoms with Crippen LogP contribution in [0, 0.1) is 5.92 Å². The Balaban J connectivity index is 1.53. The van der Waals surface area contributed by atoms with Gasteiger partial charge in [0.25, 0.3) is 5.91 Å². The number of nitrogens with zero attached hydrogens (tertiary/aromatic N) is 1. The summed E-state index contributed by atoms with van der Waals surface area (Å²) in [7, 11) is -3.62. The minimum Gasteiger partial charge on any atom is -0.340 e. The van der Waals surface area contributed by atoms with Gasteiger partial charge in [-0.25, -0.2) is 8.42 Å². The van der Waals surface area contributed by atoms with E-state index in [0.29, 0.717) is 45.1 Å². The summed E-state index contributed by atoms with van der Waals surface area (Å²) >= 11 is 0. The standard InChI is InChI=1S/C27H32F3N3O4S/c28-27(29,30)20-8-6-7-18(15-20)25(34)32-23-11-4-5-14-33(26(23)35)24-13-12-21(31)16-19(24)17-38(36,37)22-9-2-1-3-10-22/h1-3,6-10,15,19,21,23-24H,4-5,11-14,16-17,31H2,(H,32,34)/t19-,21-,23+,24?/m1/s1. The van der Waals surface area contributed by atoms with Crippen LogP contribution in [0.5, 0.6) is 0 Å². The van der Waals surface area contributed by atoms with Crippen molar-refractivity contribution in [3.63, 3.8) is 0 Å². The molecule has 1 saturated carbocycles. The summed E-state index contributed by atoms with van der Waals surface area (Å²) < 4.78 is 65.7. The predicted octanol–water partition coefficient (Wildman–Crippen LogP) is 3.79. The van der Waals surface area contributed by atoms with Crippen molar-refractivity contribution in [3.05, 3.63) is 65.7 Å². The number of carbonyl (C=O) groups excluding carboxylic acids is 2. The molecule has 0 bridgehead atoms. The number of nitrogens with one attached hydrogen (secondary N) is 1. The second-order valence-corrected chi connectivity index (χ2v) is 12.2. The van der Waals surface area contributed by atoms with Gasteiger partial charge in [0.2, 0.25) is 5.91 Å². The number of benzene rings is 2. The molecule has 1 heterocycles. The van der Waals surface area contributed by atoms with Gasteiger partial charge in [0, 0.05) is 24.2 Å². The Morgan fingerprint density at radius 2 is 1.76 bits per heavy atom. The lowest BCUT2D eigenvalue weighted by Gasteiger charge is -2.42. The summed E-state index contributed by atoms with van der Waals surface area (Å²) in [5, 5.41) is 2.63. The van der Waals surface area contributed by atoms with Crippen LogP contribution in [0.2, 0.25) is 0 Å². The SMILES string of the molecule is N[C@@H]1CCC(N2CCCC[C@H](NC(=O)c3cccc(C(F)(F)F)c3)C2=O)[C@@H](CS(=O)(=O)c2ccccc2)C1. The zero-order valence-electron chi connectivity index (χ0n) is 20.9. The predicted molar refractivity (Wildman–Crippen MR) is 136 cm³/mol. The van der Waals surface area contributed by atoms with Gasteiger partial charge >= 0.3 is 6.18 Å². The van der Waals surface area contributed by atoms with E-state index in [9.17, 15) is 31.2 Å². The fourth-order valence-corrected chi connectivity index (χ4v) is 7.17. The van der Waals surface area contributed by atoms with Gasteiger partial charge in [0.15, 0.2) is 9.84 Å². The number of carbonyl (C=O) groups is 2. The van der Waals surface area contributed by atoms with Crippen molar-refractivity contribution < 1.29 is 31.2 Å². The van der Waals surface area contributed by atoms with Gasteiger partial charge < -0.3 is 16.0 Å². The first kappa shape index (κ1) is 28.1. The van der Waals surface area contributed by atoms with Gasteiger partial charge in [-0.15, -0.1) is 0 Å². The third-order valence-electron chi connectivity index (χ3n) is 7.40. The average molecular weight is 552 g/mol. The monoisotopic (exact) mass is 551 g/mol. The molecule has 0 spiro atoms. The van der Waals surface area contributed by atoms with E-state index in [1.54, 1.807) is 35.2 Å². The van der Waals surface area contributed by atoms with Gasteiger partial charge in [-0.2, -0.15) is 13.2 Å². The van der Waals surface area contributed by atoms with E-state index in [-0.39, 0.29) is 40.1 Å². The second-order valence-electron chi connectivity index (χ2n) is 10.1. The summed E-state index contributed by atoms with van der Waals surface area (Å²) in [6, 6.07) is 10.8. The van der Waals surface area contributed by atoms with Crippen LogP contribution in [-0.4, -0.2) is 55.6 Å². The molecule has 2 aliphatic rings. The fraction of sp³-hybridized carbons (Fsp3) is 0.481. The molecule has 1 saturated heterocycles. The Hall–Kier alpha value is -2.92. The molecule has 0 radical (unpaired) electrons. The van der Waals surface area contributed by atoms with E-state index in [0.717, 1.165) is 18.2 Å². The van der Waals surface area contributed by atoms with Gasteiger partial charge in [-0.05, 0) is 74.8 Å². The largest absolute Gasteiger partial charge is 0.416 e. The molecule has 4 atom stereocenters. The van der Waals surface area contributed by atoms with Gasteiger partial charge in [0.05, 0.1) is 16.2 Å². The molecular formula is C27H32F3N3O4S. The Bertz CT molecular complexity index is 1250. The molecule has 1 unspecified atom stereocenters. The molecule has 2 aromatic carbocycles. The second kappa shape index (κ2) is 11.4. The number of hydrogen-bond donors (Lipinski definition) is 2. The molecule has 3 N–H and O–H groups in total. The number of likely N-dealkylation sites (tertiary alicyclic amines) is 1. The molecule has 1 aliphatic carbocycles. The molecule has 2 aromatic rings. The number of hydrogen-bond acceptors (Lipinski definition) is 5. The Labute approximate surface area is 220 Å². The summed E-state index contributed by atoms with van der Waals surface area (Å²) in [4.78, 5) is 28.4. The molecule has 7 nitrogen and oxygen atoms in total. The quantitative estimate of drug-likeness (QED) is 0.568. The first-order valence-corrected chi connectivity index (χ1v) is 14.4. The van der Waals surface area contributed by atoms with Gasteiger partial charge in [-0.3, -0.25) is 9.59 Å². The molecule has 2 fully saturated rings. The minimum absolute atomic E-state index is 0.152. The highest BCUT2D eigenvalue weighted by molar-refractivity contribution is 7.91. The number of rotatable bonds is 6. The molecule has 4 rings (SSSR count). The summed E-state index contributed by atoms with van der Waals surface area (Å²) in [5.41, 5.74) is 5.08. The van der Waals surface area contributed by atoms with Crippen LogP contribution in [0.15, 0.2) is 59.5 Å². The van der Waals surface area contributed by atoms with E-state index >= 15 is 0 Å². The maximum Gasteiger partial charge on any atom is 0.416 e. The molecule has 0 aromatic heterocycles. The van der Waals surface area contributed by atoms with Crippen molar-refractivity contribution in [2.75, 3.05) is 12.3 Å². The lowest BCUT2D eigenvalue weighted by molar-refractivity contribution is -0.138. The van der Waals surface area contributed by atoms with Crippen LogP contribution in [0.1, 0.15) is 54.4 Å². The molecule has 2 amide bonds. The number of alkyl halides is 3. The van der Waals surface area contributed by atoms with Gasteiger partial charge in [0.1, 0.15) is 6.04 Å². The minimum atomic E-state index is -4.60. The summed E-state index contributed by atoms with van der Waals surface area (Å²) in [6.45, 7) is 0.413. The molecule has 38 heavy (non-hydrogen) atoms. The normalized spacial score (nSPS) is 25.1. The number of amides is 2. The highest BCUT2D eigenvalue weighted by Gasteiger charge is 2.41. The highest BCUT2D eigenvalue weighted by Crippen LogP contribution is 2.33. The van der Waals surface area contributed by atoms with Crippen LogP contribution in [0.25, 0.3) is 0 Å². The zero-order chi connectivity index (χ0) is 27.5. The average Bonchev–Trinajstić information content (AvgIpc) is 3.05. The number of sulfone groups is 1. The van der Waals surface area contributed by atoms with Crippen molar-refractivity contribution in [1.82, 2.24) is 10.2 Å². The number of nitrogens with two attached hydrogens (primary N) is 1. The van der Waals surface area contributed by atoms with E-state index in [4.69, 9.17) is 5.73 Å². The van der Waals surface area contributed by atoms with Crippen LogP contribution in [0.4, 0.5) is 13.2 Å². The lowest BCUT2D eigenvalue weighted by atomic mass is 9.82. The van der Waals surface area contributed by atoms with E-state index < -0.39 is 33.5 Å². The molecular weight excluding hydrogens is 519 g/mol. The molecule has 1 aliphatic heterocycles. The van der Waals surface area contributed by atoms with Crippen LogP contribution < -0.4 is 11.1 Å². The maximum atomic E-state index is 13.7. The topological polar surface area (TPSA) is 110 Å². The van der Waals surface area contributed by atoms with Crippen molar-refractivity contribution in [3.8, 4) is 0 Å². The number of halogens is 3. The van der Waals surface area contributed by atoms with E-state index in [1.165, 1.54) is 6.07 Å². The first-order chi connectivity index (χ1) is 18.0. The highest BCUT2D eigenvalue weighted by atomic mass is 32.2. The molecule has 11 heteroatoms. The van der Waals surface area contributed by atoms with Gasteiger partial charge in [-0.1, -0.05) is 24.3 Å². The van der Waals surface area contributed by atoms with Crippen LogP contribution >= 0.6 is 0 Å². The van der Waals surface area contributed by atoms with E-state index in [1.807, 2.05) is 0 Å². The fourth-order valence-electron chi connectivity index (χ4n) is 5.49. The van der Waals surface area contributed by atoms with E-state index in [2.05, 4.69) is 5.32 Å². The van der Waals surface area contributed by atoms with Crippen molar-refractivity contribution in [2.45, 2.75) is 67.7 Å². The van der Waals surface area contributed by atoms with Crippen molar-refractivity contribution >= 4 is 21.7 Å². The lowest BCUT2D eigenvalue weighted by Crippen LogP contribution is -2.55. The maximum absolute atomic E-state index is 13.7. The van der Waals surface area contributed by atoms with Crippen molar-refractivity contribution in [2.24, 2.45) is 11.7 Å². The molecule has 206 valence electrons. The third kappa shape index (κ3) is 6.55. The van der Waals surface area contributed by atoms with Crippen LogP contribution in [0.3, 0.4) is 0 Å². The smallest absolute Gasteiger partial charge is 0.340 e. The van der Waals surface area contributed by atoms with Crippen molar-refractivity contribution in [1.29, 1.82) is 0 Å². The Morgan fingerprint density at radius 1 is 1.03 bits per heavy atom.